The van der Waals surface area contributed by atoms with E-state index < -0.39 is 0 Å². The van der Waals surface area contributed by atoms with Gasteiger partial charge in [-0.3, -0.25) is 4.79 Å². The molecule has 4 heteroatoms. The van der Waals surface area contributed by atoms with Gasteiger partial charge in [-0.15, -0.1) is 0 Å². The summed E-state index contributed by atoms with van der Waals surface area (Å²) < 4.78 is 10.3. The number of carbonyl (C=O) groups excluding carboxylic acids is 1. The van der Waals surface area contributed by atoms with Crippen molar-refractivity contribution in [1.29, 1.82) is 0 Å². The van der Waals surface area contributed by atoms with Crippen molar-refractivity contribution in [3.8, 4) is 17.1 Å². The second-order valence-electron chi connectivity index (χ2n) is 3.28. The Morgan fingerprint density at radius 1 is 1.31 bits per heavy atom. The highest BCUT2D eigenvalue weighted by Gasteiger charge is 2.06. The Labute approximate surface area is 92.6 Å². The SMILES string of the molecule is COc1ccc(-c2ccc(C=O)o2)cc1N. The van der Waals surface area contributed by atoms with E-state index in [4.69, 9.17) is 14.9 Å². The molecule has 2 aromatic rings. The van der Waals surface area contributed by atoms with Crippen molar-refractivity contribution in [2.45, 2.75) is 0 Å². The molecular formula is C12H11NO3. The molecule has 0 saturated carbocycles. The number of rotatable bonds is 3. The number of hydrogen-bond acceptors (Lipinski definition) is 4. The first-order valence-corrected chi connectivity index (χ1v) is 4.73. The fraction of sp³-hybridized carbons (Fsp3) is 0.0833. The lowest BCUT2D eigenvalue weighted by Crippen LogP contribution is -1.92. The van der Waals surface area contributed by atoms with Crippen LogP contribution in [-0.2, 0) is 0 Å². The molecule has 1 aromatic heterocycles. The number of nitrogens with two attached hydrogens (primary N) is 1. The van der Waals surface area contributed by atoms with Gasteiger partial charge >= 0.3 is 0 Å². The minimum absolute atomic E-state index is 0.296. The molecule has 0 aliphatic rings. The number of nitrogen functional groups attached to an aromatic ring is 1. The van der Waals surface area contributed by atoms with Crippen LogP contribution in [0.3, 0.4) is 0 Å². The van der Waals surface area contributed by atoms with Crippen LogP contribution in [0, 0.1) is 0 Å². The van der Waals surface area contributed by atoms with Gasteiger partial charge in [0, 0.05) is 5.56 Å². The van der Waals surface area contributed by atoms with Gasteiger partial charge in [-0.1, -0.05) is 0 Å². The Kier molecular flexibility index (Phi) is 2.64. The van der Waals surface area contributed by atoms with E-state index in [1.54, 1.807) is 31.4 Å². The van der Waals surface area contributed by atoms with Crippen LogP contribution in [0.15, 0.2) is 34.7 Å². The standard InChI is InChI=1S/C12H11NO3/c1-15-12-4-2-8(6-10(12)13)11-5-3-9(7-14)16-11/h2-7H,13H2,1H3. The summed E-state index contributed by atoms with van der Waals surface area (Å²) >= 11 is 0. The van der Waals surface area contributed by atoms with E-state index in [1.807, 2.05) is 6.07 Å². The Bertz CT molecular complexity index is 517. The Balaban J connectivity index is 2.40. The van der Waals surface area contributed by atoms with Gasteiger partial charge in [0.05, 0.1) is 12.8 Å². The lowest BCUT2D eigenvalue weighted by atomic mass is 10.1. The van der Waals surface area contributed by atoms with Crippen molar-refractivity contribution in [3.05, 3.63) is 36.1 Å². The van der Waals surface area contributed by atoms with Crippen LogP contribution >= 0.6 is 0 Å². The normalized spacial score (nSPS) is 10.1. The maximum absolute atomic E-state index is 10.5. The van der Waals surface area contributed by atoms with Crippen LogP contribution in [0.25, 0.3) is 11.3 Å². The third kappa shape index (κ3) is 1.77. The van der Waals surface area contributed by atoms with E-state index in [0.29, 0.717) is 29.2 Å². The molecule has 4 nitrogen and oxygen atoms in total. The van der Waals surface area contributed by atoms with Crippen LogP contribution in [0.4, 0.5) is 5.69 Å². The fourth-order valence-corrected chi connectivity index (χ4v) is 1.46. The maximum atomic E-state index is 10.5. The molecule has 0 radical (unpaired) electrons. The number of benzene rings is 1. The smallest absolute Gasteiger partial charge is 0.185 e. The third-order valence-electron chi connectivity index (χ3n) is 2.26. The summed E-state index contributed by atoms with van der Waals surface area (Å²) in [4.78, 5) is 10.5. The summed E-state index contributed by atoms with van der Waals surface area (Å²) in [5.74, 6) is 1.52. The van der Waals surface area contributed by atoms with Crippen LogP contribution in [0.2, 0.25) is 0 Å². The van der Waals surface area contributed by atoms with Crippen molar-refractivity contribution in [1.82, 2.24) is 0 Å². The second kappa shape index (κ2) is 4.10. The fourth-order valence-electron chi connectivity index (χ4n) is 1.46. The number of aldehydes is 1. The molecule has 0 aliphatic carbocycles. The first-order valence-electron chi connectivity index (χ1n) is 4.73. The highest BCUT2D eigenvalue weighted by molar-refractivity contribution is 5.74. The highest BCUT2D eigenvalue weighted by Crippen LogP contribution is 2.29. The topological polar surface area (TPSA) is 65.5 Å². The van der Waals surface area contributed by atoms with Crippen molar-refractivity contribution in [3.63, 3.8) is 0 Å². The van der Waals surface area contributed by atoms with Gasteiger partial charge in [-0.25, -0.2) is 0 Å². The summed E-state index contributed by atoms with van der Waals surface area (Å²) in [7, 11) is 1.56. The highest BCUT2D eigenvalue weighted by atomic mass is 16.5. The van der Waals surface area contributed by atoms with E-state index in [1.165, 1.54) is 0 Å². The zero-order valence-electron chi connectivity index (χ0n) is 8.77. The number of anilines is 1. The summed E-state index contributed by atoms with van der Waals surface area (Å²) in [6.07, 6.45) is 0.663. The first kappa shape index (κ1) is 10.3. The van der Waals surface area contributed by atoms with Crippen molar-refractivity contribution in [2.75, 3.05) is 12.8 Å². The summed E-state index contributed by atoms with van der Waals surface area (Å²) in [6, 6.07) is 8.66. The van der Waals surface area contributed by atoms with E-state index in [0.717, 1.165) is 5.56 Å². The van der Waals surface area contributed by atoms with Gasteiger partial charge < -0.3 is 14.9 Å². The molecule has 0 atom stereocenters. The molecular weight excluding hydrogens is 206 g/mol. The van der Waals surface area contributed by atoms with Gasteiger partial charge in [0.15, 0.2) is 12.0 Å². The molecule has 0 bridgehead atoms. The zero-order valence-corrected chi connectivity index (χ0v) is 8.77. The number of methoxy groups -OCH3 is 1. The third-order valence-corrected chi connectivity index (χ3v) is 2.26. The Morgan fingerprint density at radius 3 is 2.69 bits per heavy atom. The maximum Gasteiger partial charge on any atom is 0.185 e. The van der Waals surface area contributed by atoms with Gasteiger partial charge in [0.2, 0.25) is 0 Å². The molecule has 1 heterocycles. The van der Waals surface area contributed by atoms with Gasteiger partial charge in [0.1, 0.15) is 11.5 Å². The summed E-state index contributed by atoms with van der Waals surface area (Å²) in [5.41, 5.74) is 7.12. The van der Waals surface area contributed by atoms with Gasteiger partial charge in [-0.2, -0.15) is 0 Å². The predicted octanol–water partition coefficient (Wildman–Crippen LogP) is 2.35. The molecule has 0 fully saturated rings. The Morgan fingerprint density at radius 2 is 2.12 bits per heavy atom. The van der Waals surface area contributed by atoms with Crippen LogP contribution in [0.5, 0.6) is 5.75 Å². The lowest BCUT2D eigenvalue weighted by molar-refractivity contribution is 0.110. The molecule has 1 aromatic carbocycles. The Hall–Kier alpha value is -2.23. The zero-order chi connectivity index (χ0) is 11.5. The largest absolute Gasteiger partial charge is 0.495 e. The van der Waals surface area contributed by atoms with E-state index in [9.17, 15) is 4.79 Å². The van der Waals surface area contributed by atoms with Gasteiger partial charge in [0.25, 0.3) is 0 Å². The summed E-state index contributed by atoms with van der Waals surface area (Å²) in [6.45, 7) is 0. The molecule has 0 aliphatic heterocycles. The predicted molar refractivity (Wildman–Crippen MR) is 60.5 cm³/mol. The van der Waals surface area contributed by atoms with Crippen LogP contribution < -0.4 is 10.5 Å². The molecule has 2 N–H and O–H groups in total. The van der Waals surface area contributed by atoms with E-state index in [-0.39, 0.29) is 0 Å². The number of hydrogen-bond donors (Lipinski definition) is 1. The molecule has 0 unspecified atom stereocenters. The molecule has 0 spiro atoms. The molecule has 82 valence electrons. The van der Waals surface area contributed by atoms with Crippen molar-refractivity contribution < 1.29 is 13.9 Å². The van der Waals surface area contributed by atoms with Crippen molar-refractivity contribution in [2.24, 2.45) is 0 Å². The van der Waals surface area contributed by atoms with Crippen molar-refractivity contribution >= 4 is 12.0 Å². The van der Waals surface area contributed by atoms with E-state index in [2.05, 4.69) is 0 Å². The number of carbonyl (C=O) groups is 1. The molecule has 0 amide bonds. The minimum Gasteiger partial charge on any atom is -0.495 e. The summed E-state index contributed by atoms with van der Waals surface area (Å²) in [5, 5.41) is 0. The molecule has 16 heavy (non-hydrogen) atoms. The molecule has 2 rings (SSSR count). The van der Waals surface area contributed by atoms with Gasteiger partial charge in [-0.05, 0) is 30.3 Å². The quantitative estimate of drug-likeness (QED) is 0.633. The average Bonchev–Trinajstić information content (AvgIpc) is 2.77. The minimum atomic E-state index is 0.296. The lowest BCUT2D eigenvalue weighted by Gasteiger charge is -2.05. The van der Waals surface area contributed by atoms with E-state index >= 15 is 0 Å². The average molecular weight is 217 g/mol. The number of furan rings is 1. The first-order chi connectivity index (χ1) is 7.74. The molecule has 0 saturated heterocycles. The second-order valence-corrected chi connectivity index (χ2v) is 3.28. The van der Waals surface area contributed by atoms with Crippen LogP contribution in [0.1, 0.15) is 10.6 Å². The number of ether oxygens (including phenoxy) is 1. The monoisotopic (exact) mass is 217 g/mol. The van der Waals surface area contributed by atoms with Crippen LogP contribution in [-0.4, -0.2) is 13.4 Å².